The lowest BCUT2D eigenvalue weighted by Gasteiger charge is -2.28. The van der Waals surface area contributed by atoms with Crippen LogP contribution in [0, 0.1) is 5.92 Å². The summed E-state index contributed by atoms with van der Waals surface area (Å²) in [5.41, 5.74) is 0. The fraction of sp³-hybridized carbons (Fsp3) is 0.750. The predicted molar refractivity (Wildman–Crippen MR) is 70.0 cm³/mol. The van der Waals surface area contributed by atoms with Crippen molar-refractivity contribution in [3.63, 3.8) is 0 Å². The van der Waals surface area contributed by atoms with Crippen LogP contribution in [0.2, 0.25) is 4.34 Å². The number of thiazole rings is 1. The van der Waals surface area contributed by atoms with Gasteiger partial charge in [0.05, 0.1) is 6.20 Å². The summed E-state index contributed by atoms with van der Waals surface area (Å²) in [6.45, 7) is 3.18. The van der Waals surface area contributed by atoms with Crippen molar-refractivity contribution < 1.29 is 0 Å². The molecule has 2 rings (SSSR count). The molecule has 0 atom stereocenters. The van der Waals surface area contributed by atoms with Crippen molar-refractivity contribution in [1.82, 2.24) is 10.3 Å². The molecule has 1 N–H and O–H groups in total. The molecule has 0 aliphatic heterocycles. The third-order valence-corrected chi connectivity index (χ3v) is 4.61. The fourth-order valence-electron chi connectivity index (χ4n) is 2.38. The molecule has 0 saturated heterocycles. The molecule has 0 unspecified atom stereocenters. The zero-order valence-electron chi connectivity index (χ0n) is 9.71. The second kappa shape index (κ2) is 5.99. The van der Waals surface area contributed by atoms with Crippen LogP contribution in [0.15, 0.2) is 6.20 Å². The van der Waals surface area contributed by atoms with Crippen molar-refractivity contribution in [3.8, 4) is 0 Å². The van der Waals surface area contributed by atoms with E-state index in [0.29, 0.717) is 6.04 Å². The normalized spacial score (nSPS) is 25.9. The minimum Gasteiger partial charge on any atom is -0.308 e. The first kappa shape index (κ1) is 12.3. The summed E-state index contributed by atoms with van der Waals surface area (Å²) >= 11 is 7.42. The Morgan fingerprint density at radius 1 is 1.44 bits per heavy atom. The van der Waals surface area contributed by atoms with Crippen molar-refractivity contribution in [2.75, 3.05) is 0 Å². The van der Waals surface area contributed by atoms with E-state index in [0.717, 1.165) is 21.8 Å². The molecule has 4 heteroatoms. The Balaban J connectivity index is 1.71. The number of hydrogen-bond donors (Lipinski definition) is 1. The van der Waals surface area contributed by atoms with Gasteiger partial charge in [0.2, 0.25) is 0 Å². The summed E-state index contributed by atoms with van der Waals surface area (Å²) in [5, 5.41) is 4.68. The number of hydrogen-bond acceptors (Lipinski definition) is 3. The molecule has 1 heterocycles. The van der Waals surface area contributed by atoms with Gasteiger partial charge < -0.3 is 5.32 Å². The molecule has 0 aromatic carbocycles. The smallest absolute Gasteiger partial charge is 0.113 e. The SMILES string of the molecule is CCC1CCC(NCc2ncc(Cl)s2)CC1. The maximum absolute atomic E-state index is 5.85. The quantitative estimate of drug-likeness (QED) is 0.887. The third-order valence-electron chi connectivity index (χ3n) is 3.49. The average molecular weight is 259 g/mol. The molecule has 1 aliphatic carbocycles. The number of nitrogens with zero attached hydrogens (tertiary/aromatic N) is 1. The van der Waals surface area contributed by atoms with Gasteiger partial charge in [-0.25, -0.2) is 4.98 Å². The lowest BCUT2D eigenvalue weighted by molar-refractivity contribution is 0.285. The van der Waals surface area contributed by atoms with E-state index in [4.69, 9.17) is 11.6 Å². The van der Waals surface area contributed by atoms with Gasteiger partial charge in [-0.05, 0) is 31.6 Å². The highest BCUT2D eigenvalue weighted by Gasteiger charge is 2.19. The Morgan fingerprint density at radius 3 is 2.75 bits per heavy atom. The highest BCUT2D eigenvalue weighted by molar-refractivity contribution is 7.15. The summed E-state index contributed by atoms with van der Waals surface area (Å²) in [5.74, 6) is 0.965. The van der Waals surface area contributed by atoms with E-state index in [2.05, 4.69) is 17.2 Å². The Bertz CT molecular complexity index is 319. The van der Waals surface area contributed by atoms with E-state index in [1.807, 2.05) is 0 Å². The second-order valence-electron chi connectivity index (χ2n) is 4.56. The van der Waals surface area contributed by atoms with E-state index in [1.54, 1.807) is 17.5 Å². The zero-order valence-corrected chi connectivity index (χ0v) is 11.3. The van der Waals surface area contributed by atoms with Crippen LogP contribution in [0.3, 0.4) is 0 Å². The van der Waals surface area contributed by atoms with Crippen molar-refractivity contribution >= 4 is 22.9 Å². The number of aromatic nitrogens is 1. The van der Waals surface area contributed by atoms with E-state index in [1.165, 1.54) is 32.1 Å². The van der Waals surface area contributed by atoms with Crippen LogP contribution in [-0.4, -0.2) is 11.0 Å². The zero-order chi connectivity index (χ0) is 11.4. The van der Waals surface area contributed by atoms with Gasteiger partial charge in [0.1, 0.15) is 9.34 Å². The summed E-state index contributed by atoms with van der Waals surface area (Å²) in [4.78, 5) is 4.26. The largest absolute Gasteiger partial charge is 0.308 e. The summed E-state index contributed by atoms with van der Waals surface area (Å²) in [6, 6.07) is 0.686. The van der Waals surface area contributed by atoms with Gasteiger partial charge in [-0.3, -0.25) is 0 Å². The molecule has 90 valence electrons. The Labute approximate surface area is 106 Å². The maximum Gasteiger partial charge on any atom is 0.113 e. The molecule has 1 aromatic heterocycles. The first-order valence-corrected chi connectivity index (χ1v) is 7.31. The molecule has 0 amide bonds. The minimum atomic E-state index is 0.686. The van der Waals surface area contributed by atoms with Crippen LogP contribution >= 0.6 is 22.9 Å². The highest BCUT2D eigenvalue weighted by Crippen LogP contribution is 2.27. The highest BCUT2D eigenvalue weighted by atomic mass is 35.5. The van der Waals surface area contributed by atoms with E-state index < -0.39 is 0 Å². The molecule has 1 aliphatic rings. The molecule has 1 saturated carbocycles. The topological polar surface area (TPSA) is 24.9 Å². The van der Waals surface area contributed by atoms with E-state index >= 15 is 0 Å². The Hall–Kier alpha value is -0.120. The van der Waals surface area contributed by atoms with Crippen molar-refractivity contribution in [2.24, 2.45) is 5.92 Å². The molecular formula is C12H19ClN2S. The van der Waals surface area contributed by atoms with Crippen LogP contribution in [0.25, 0.3) is 0 Å². The van der Waals surface area contributed by atoms with Gasteiger partial charge in [-0.1, -0.05) is 24.9 Å². The predicted octanol–water partition coefficient (Wildman–Crippen LogP) is 3.85. The fourth-order valence-corrected chi connectivity index (χ4v) is 3.28. The maximum atomic E-state index is 5.85. The van der Waals surface area contributed by atoms with Gasteiger partial charge in [-0.2, -0.15) is 0 Å². The number of halogens is 1. The van der Waals surface area contributed by atoms with Crippen LogP contribution in [0.5, 0.6) is 0 Å². The van der Waals surface area contributed by atoms with E-state index in [-0.39, 0.29) is 0 Å². The molecule has 1 aromatic rings. The Morgan fingerprint density at radius 2 is 2.19 bits per heavy atom. The van der Waals surface area contributed by atoms with Gasteiger partial charge in [-0.15, -0.1) is 11.3 Å². The average Bonchev–Trinajstić information content (AvgIpc) is 2.73. The lowest BCUT2D eigenvalue weighted by Crippen LogP contribution is -2.32. The van der Waals surface area contributed by atoms with Gasteiger partial charge in [0.15, 0.2) is 0 Å². The molecule has 0 radical (unpaired) electrons. The summed E-state index contributed by atoms with van der Waals surface area (Å²) < 4.78 is 0.784. The first-order chi connectivity index (χ1) is 7.78. The van der Waals surface area contributed by atoms with Crippen LogP contribution in [0.1, 0.15) is 44.0 Å². The van der Waals surface area contributed by atoms with Gasteiger partial charge >= 0.3 is 0 Å². The molecule has 0 bridgehead atoms. The Kier molecular flexibility index (Phi) is 4.62. The van der Waals surface area contributed by atoms with Crippen LogP contribution in [-0.2, 0) is 6.54 Å². The van der Waals surface area contributed by atoms with Gasteiger partial charge in [0, 0.05) is 12.6 Å². The van der Waals surface area contributed by atoms with E-state index in [9.17, 15) is 0 Å². The molecule has 1 fully saturated rings. The molecule has 16 heavy (non-hydrogen) atoms. The van der Waals surface area contributed by atoms with Crippen LogP contribution in [0.4, 0.5) is 0 Å². The first-order valence-electron chi connectivity index (χ1n) is 6.11. The third kappa shape index (κ3) is 3.44. The van der Waals surface area contributed by atoms with Crippen molar-refractivity contribution in [3.05, 3.63) is 15.5 Å². The van der Waals surface area contributed by atoms with Crippen molar-refractivity contribution in [2.45, 2.75) is 51.6 Å². The lowest BCUT2D eigenvalue weighted by atomic mass is 9.84. The van der Waals surface area contributed by atoms with Gasteiger partial charge in [0.25, 0.3) is 0 Å². The number of nitrogens with one attached hydrogen (secondary N) is 1. The van der Waals surface area contributed by atoms with Crippen molar-refractivity contribution in [1.29, 1.82) is 0 Å². The number of rotatable bonds is 4. The minimum absolute atomic E-state index is 0.686. The summed E-state index contributed by atoms with van der Waals surface area (Å²) in [7, 11) is 0. The molecular weight excluding hydrogens is 240 g/mol. The second-order valence-corrected chi connectivity index (χ2v) is 6.31. The summed E-state index contributed by atoms with van der Waals surface area (Å²) in [6.07, 6.45) is 8.47. The monoisotopic (exact) mass is 258 g/mol. The van der Waals surface area contributed by atoms with Crippen LogP contribution < -0.4 is 5.32 Å². The molecule has 0 spiro atoms. The standard InChI is InChI=1S/C12H19ClN2S/c1-2-9-3-5-10(6-4-9)14-8-12-15-7-11(13)16-12/h7,9-10,14H,2-6,8H2,1H3. The molecule has 2 nitrogen and oxygen atoms in total.